The minimum absolute atomic E-state index is 0.233. The van der Waals surface area contributed by atoms with Gasteiger partial charge in [-0.1, -0.05) is 57.2 Å². The van der Waals surface area contributed by atoms with Crippen LogP contribution in [0.1, 0.15) is 50.7 Å². The summed E-state index contributed by atoms with van der Waals surface area (Å²) in [6.07, 6.45) is 2.33. The van der Waals surface area contributed by atoms with Gasteiger partial charge in [-0.25, -0.2) is 0 Å². The highest BCUT2D eigenvalue weighted by molar-refractivity contribution is 6.73. The Bertz CT molecular complexity index is 713. The third kappa shape index (κ3) is 6.59. The van der Waals surface area contributed by atoms with Gasteiger partial charge in [0, 0.05) is 5.56 Å². The maximum Gasteiger partial charge on any atom is 0.288 e. The Hall–Kier alpha value is -1.82. The highest BCUT2D eigenvalue weighted by Crippen LogP contribution is 2.35. The predicted octanol–water partition coefficient (Wildman–Crippen LogP) is 6.69. The molecule has 2 aromatic rings. The van der Waals surface area contributed by atoms with Gasteiger partial charge in [0.25, 0.3) is 5.95 Å². The molecule has 0 radical (unpaired) electrons. The van der Waals surface area contributed by atoms with Gasteiger partial charge in [0.2, 0.25) is 0 Å². The molecule has 0 bridgehead atoms. The third-order valence-corrected chi connectivity index (χ3v) is 10.1. The maximum atomic E-state index is 6.77. The average molecular weight is 417 g/mol. The lowest BCUT2D eigenvalue weighted by atomic mass is 10.2. The van der Waals surface area contributed by atoms with Crippen LogP contribution in [0.2, 0.25) is 18.1 Å². The largest absolute Gasteiger partial charge is 0.465 e. The van der Waals surface area contributed by atoms with Crippen molar-refractivity contribution < 1.29 is 18.3 Å². The number of furan rings is 1. The van der Waals surface area contributed by atoms with E-state index in [9.17, 15) is 0 Å². The summed E-state index contributed by atoms with van der Waals surface area (Å²) >= 11 is 0. The lowest BCUT2D eigenvalue weighted by Crippen LogP contribution is -2.38. The van der Waals surface area contributed by atoms with Gasteiger partial charge in [0.05, 0.1) is 19.8 Å². The molecule has 0 amide bonds. The Kier molecular flexibility index (Phi) is 9.71. The van der Waals surface area contributed by atoms with Crippen molar-refractivity contribution in [2.24, 2.45) is 0 Å². The van der Waals surface area contributed by atoms with Gasteiger partial charge >= 0.3 is 0 Å². The van der Waals surface area contributed by atoms with Gasteiger partial charge < -0.3 is 18.3 Å². The molecule has 0 saturated carbocycles. The first-order chi connectivity index (χ1) is 14.1. The highest BCUT2D eigenvalue weighted by atomic mass is 28.4. The quantitative estimate of drug-likeness (QED) is 0.254. The zero-order valence-corrected chi connectivity index (χ0v) is 19.4. The van der Waals surface area contributed by atoms with Crippen LogP contribution in [0, 0.1) is 0 Å². The van der Waals surface area contributed by atoms with Crippen LogP contribution in [0.3, 0.4) is 0 Å². The SMILES string of the molecule is C=CCc1cc(C(COCc2ccccc2)O[Si](CC)(CC)CC)oc1OCC. The van der Waals surface area contributed by atoms with E-state index in [1.54, 1.807) is 0 Å². The second-order valence-corrected chi connectivity index (χ2v) is 12.0. The summed E-state index contributed by atoms with van der Waals surface area (Å²) in [7, 11) is -1.84. The van der Waals surface area contributed by atoms with Crippen molar-refractivity contribution >= 4 is 8.32 Å². The fraction of sp³-hybridized carbons (Fsp3) is 0.500. The standard InChI is InChI=1S/C24H36O4Si/c1-6-14-21-17-22(27-24(21)26-7-2)23(28-29(8-3,9-4)10-5)19-25-18-20-15-12-11-13-16-20/h6,11-13,15-17,23H,1,7-10,14,18-19H2,2-5H3. The Balaban J connectivity index is 2.23. The molecular formula is C24H36O4Si. The zero-order chi connectivity index (χ0) is 21.1. The number of allylic oxidation sites excluding steroid dienone is 1. The number of benzene rings is 1. The normalized spacial score (nSPS) is 12.7. The van der Waals surface area contributed by atoms with E-state index >= 15 is 0 Å². The number of hydrogen-bond acceptors (Lipinski definition) is 4. The molecule has 0 spiro atoms. The zero-order valence-electron chi connectivity index (χ0n) is 18.4. The van der Waals surface area contributed by atoms with Gasteiger partial charge in [-0.3, -0.25) is 0 Å². The maximum absolute atomic E-state index is 6.77. The Labute approximate surface area is 177 Å². The minimum atomic E-state index is -1.84. The van der Waals surface area contributed by atoms with Crippen LogP contribution < -0.4 is 4.74 Å². The van der Waals surface area contributed by atoms with Gasteiger partial charge in [-0.2, -0.15) is 0 Å². The minimum Gasteiger partial charge on any atom is -0.465 e. The molecule has 160 valence electrons. The average Bonchev–Trinajstić information content (AvgIpc) is 3.15. The summed E-state index contributed by atoms with van der Waals surface area (Å²) in [5.41, 5.74) is 2.16. The van der Waals surface area contributed by atoms with Crippen molar-refractivity contribution in [3.8, 4) is 5.95 Å². The van der Waals surface area contributed by atoms with Crippen LogP contribution in [0.25, 0.3) is 0 Å². The second-order valence-electron chi connectivity index (χ2n) is 7.24. The Morgan fingerprint density at radius 1 is 1.07 bits per heavy atom. The van der Waals surface area contributed by atoms with Gasteiger partial charge in [-0.05, 0) is 43.1 Å². The van der Waals surface area contributed by atoms with Crippen LogP contribution in [0.5, 0.6) is 5.95 Å². The van der Waals surface area contributed by atoms with Crippen molar-refractivity contribution in [3.05, 3.63) is 65.9 Å². The molecule has 1 heterocycles. The number of ether oxygens (including phenoxy) is 2. The molecule has 0 aliphatic rings. The van der Waals surface area contributed by atoms with Crippen molar-refractivity contribution in [1.82, 2.24) is 0 Å². The van der Waals surface area contributed by atoms with Crippen molar-refractivity contribution in [2.75, 3.05) is 13.2 Å². The Morgan fingerprint density at radius 2 is 1.76 bits per heavy atom. The first kappa shape index (κ1) is 23.5. The fourth-order valence-electron chi connectivity index (χ4n) is 3.48. The molecule has 0 fully saturated rings. The molecule has 0 aliphatic carbocycles. The van der Waals surface area contributed by atoms with Gasteiger partial charge in [-0.15, -0.1) is 6.58 Å². The monoisotopic (exact) mass is 416 g/mol. The molecule has 1 aromatic heterocycles. The summed E-state index contributed by atoms with van der Waals surface area (Å²) in [5.74, 6) is 1.35. The summed E-state index contributed by atoms with van der Waals surface area (Å²) in [6, 6.07) is 15.5. The predicted molar refractivity (Wildman–Crippen MR) is 121 cm³/mol. The molecule has 1 aromatic carbocycles. The van der Waals surface area contributed by atoms with E-state index in [1.165, 1.54) is 0 Å². The van der Waals surface area contributed by atoms with Gasteiger partial charge in [0.1, 0.15) is 11.9 Å². The molecule has 1 unspecified atom stereocenters. The van der Waals surface area contributed by atoms with E-state index in [0.29, 0.717) is 32.2 Å². The van der Waals surface area contributed by atoms with E-state index in [-0.39, 0.29) is 6.10 Å². The molecule has 4 nitrogen and oxygen atoms in total. The molecule has 2 rings (SSSR count). The molecule has 5 heteroatoms. The van der Waals surface area contributed by atoms with Crippen LogP contribution in [-0.4, -0.2) is 21.5 Å². The summed E-state index contributed by atoms with van der Waals surface area (Å²) in [6.45, 7) is 14.1. The van der Waals surface area contributed by atoms with Gasteiger partial charge in [0.15, 0.2) is 8.32 Å². The van der Waals surface area contributed by atoms with Crippen LogP contribution in [0.15, 0.2) is 53.5 Å². The van der Waals surface area contributed by atoms with Crippen LogP contribution in [0.4, 0.5) is 0 Å². The summed E-state index contributed by atoms with van der Waals surface area (Å²) < 4.78 is 24.6. The number of rotatable bonds is 14. The first-order valence-electron chi connectivity index (χ1n) is 10.8. The van der Waals surface area contributed by atoms with E-state index in [1.807, 2.05) is 37.3 Å². The van der Waals surface area contributed by atoms with E-state index in [2.05, 4.69) is 39.5 Å². The second kappa shape index (κ2) is 12.0. The third-order valence-electron chi connectivity index (χ3n) is 5.45. The summed E-state index contributed by atoms with van der Waals surface area (Å²) in [4.78, 5) is 0. The van der Waals surface area contributed by atoms with Crippen LogP contribution >= 0.6 is 0 Å². The highest BCUT2D eigenvalue weighted by Gasteiger charge is 2.34. The lowest BCUT2D eigenvalue weighted by molar-refractivity contribution is 0.0232. The topological polar surface area (TPSA) is 40.8 Å². The Morgan fingerprint density at radius 3 is 2.34 bits per heavy atom. The molecule has 29 heavy (non-hydrogen) atoms. The van der Waals surface area contributed by atoms with Crippen LogP contribution in [-0.2, 0) is 22.2 Å². The van der Waals surface area contributed by atoms with E-state index in [4.69, 9.17) is 18.3 Å². The smallest absolute Gasteiger partial charge is 0.288 e. The van der Waals surface area contributed by atoms with E-state index < -0.39 is 8.32 Å². The first-order valence-corrected chi connectivity index (χ1v) is 13.3. The van der Waals surface area contributed by atoms with Crippen molar-refractivity contribution in [1.29, 1.82) is 0 Å². The molecule has 0 N–H and O–H groups in total. The summed E-state index contributed by atoms with van der Waals surface area (Å²) in [5, 5.41) is 0. The molecule has 0 saturated heterocycles. The number of hydrogen-bond donors (Lipinski definition) is 0. The molecule has 1 atom stereocenters. The van der Waals surface area contributed by atoms with E-state index in [0.717, 1.165) is 35.0 Å². The van der Waals surface area contributed by atoms with Crippen molar-refractivity contribution in [2.45, 2.75) is 65.0 Å². The molecular weight excluding hydrogens is 380 g/mol. The molecule has 0 aliphatic heterocycles. The lowest BCUT2D eigenvalue weighted by Gasteiger charge is -2.32. The fourth-order valence-corrected chi connectivity index (χ4v) is 6.26. The van der Waals surface area contributed by atoms with Crippen molar-refractivity contribution in [3.63, 3.8) is 0 Å².